The summed E-state index contributed by atoms with van der Waals surface area (Å²) in [4.78, 5) is 52.7. The Kier molecular flexibility index (Phi) is 34.1. The van der Waals surface area contributed by atoms with Crippen LogP contribution in [0.2, 0.25) is 0 Å². The van der Waals surface area contributed by atoms with Gasteiger partial charge in [-0.3, -0.25) is 19.2 Å². The number of rotatable bonds is 40. The molecular weight excluding hydrogens is 763 g/mol. The number of carbonyl (C=O) groups is 4. The lowest BCUT2D eigenvalue weighted by Gasteiger charge is -2.20. The third kappa shape index (κ3) is 31.5. The monoisotopic (exact) mass is 848 g/mol. The highest BCUT2D eigenvalue weighted by Crippen LogP contribution is 2.25. The van der Waals surface area contributed by atoms with Crippen LogP contribution in [0.1, 0.15) is 200 Å². The quantitative estimate of drug-likeness (QED) is 0.0356. The smallest absolute Gasteiger partial charge is 0.306 e. The number of ether oxygens (including phenoxy) is 6. The molecular formula is C49H85NO10. The molecule has 0 N–H and O–H groups in total. The van der Waals surface area contributed by atoms with Crippen molar-refractivity contribution in [1.29, 1.82) is 0 Å². The van der Waals surface area contributed by atoms with E-state index in [1.807, 2.05) is 32.3 Å². The van der Waals surface area contributed by atoms with Gasteiger partial charge in [0.15, 0.2) is 0 Å². The van der Waals surface area contributed by atoms with Crippen molar-refractivity contribution in [3.8, 4) is 11.5 Å². The van der Waals surface area contributed by atoms with Gasteiger partial charge >= 0.3 is 23.9 Å². The van der Waals surface area contributed by atoms with E-state index in [0.29, 0.717) is 56.6 Å². The zero-order valence-electron chi connectivity index (χ0n) is 38.8. The van der Waals surface area contributed by atoms with Crippen LogP contribution in [-0.2, 0) is 44.7 Å². The van der Waals surface area contributed by atoms with Gasteiger partial charge in [0.05, 0.1) is 13.2 Å². The number of nitrogens with zero attached hydrogens (tertiary/aromatic N) is 1. The van der Waals surface area contributed by atoms with Gasteiger partial charge in [-0.05, 0) is 57.5 Å². The molecule has 1 rings (SSSR count). The predicted octanol–water partition coefficient (Wildman–Crippen LogP) is 11.6. The molecule has 2 atom stereocenters. The second-order valence-electron chi connectivity index (χ2n) is 16.6. The summed E-state index contributed by atoms with van der Waals surface area (Å²) in [5, 5.41) is 0. The highest BCUT2D eigenvalue weighted by Gasteiger charge is 2.20. The van der Waals surface area contributed by atoms with Gasteiger partial charge in [0.25, 0.3) is 0 Å². The van der Waals surface area contributed by atoms with E-state index in [0.717, 1.165) is 134 Å². The zero-order valence-corrected chi connectivity index (χ0v) is 38.8. The van der Waals surface area contributed by atoms with Crippen molar-refractivity contribution in [2.24, 2.45) is 0 Å². The molecule has 0 aliphatic carbocycles. The number of hydrogen-bond acceptors (Lipinski definition) is 11. The number of carbonyl (C=O) groups excluding carboxylic acids is 4. The Morgan fingerprint density at radius 2 is 0.800 bits per heavy atom. The Bertz CT molecular complexity index is 1170. The maximum Gasteiger partial charge on any atom is 0.306 e. The highest BCUT2D eigenvalue weighted by molar-refractivity contribution is 5.71. The minimum absolute atomic E-state index is 0.00732. The Labute approximate surface area is 364 Å². The van der Waals surface area contributed by atoms with Crippen LogP contribution in [0.15, 0.2) is 18.2 Å². The van der Waals surface area contributed by atoms with Crippen LogP contribution < -0.4 is 9.47 Å². The molecule has 0 fully saturated rings. The van der Waals surface area contributed by atoms with Gasteiger partial charge in [-0.1, -0.05) is 130 Å². The van der Waals surface area contributed by atoms with Crippen LogP contribution in [-0.4, -0.2) is 81.5 Å². The number of esters is 4. The standard InChI is InChI=1S/C49H85NO10/c1-7-11-15-19-23-27-46(51)57-39-42(59-48(53)29-25-21-17-13-9-3)31-33-55-44-35-41(38-50(5)6)36-45(37-44)56-34-32-43(60-49(54)30-26-22-18-14-10-4)40-58-47(52)28-24-20-16-12-8-2/h35-37,42-43H,7-34,38-40H2,1-6H3/t42-,43+. The maximum atomic E-state index is 12.8. The molecule has 0 unspecified atom stereocenters. The molecule has 1 aromatic carbocycles. The van der Waals surface area contributed by atoms with E-state index in [4.69, 9.17) is 28.4 Å². The first-order chi connectivity index (χ1) is 29.1. The van der Waals surface area contributed by atoms with Crippen molar-refractivity contribution in [1.82, 2.24) is 4.90 Å². The zero-order chi connectivity index (χ0) is 44.1. The first kappa shape index (κ1) is 54.7. The molecule has 0 aliphatic heterocycles. The second kappa shape index (κ2) is 37.4. The van der Waals surface area contributed by atoms with Gasteiger partial charge in [0, 0.05) is 51.1 Å². The summed E-state index contributed by atoms with van der Waals surface area (Å²) in [5.74, 6) is 0.0534. The van der Waals surface area contributed by atoms with Crippen molar-refractivity contribution in [3.05, 3.63) is 23.8 Å². The number of benzene rings is 1. The molecule has 0 aromatic heterocycles. The lowest BCUT2D eigenvalue weighted by atomic mass is 10.1. The van der Waals surface area contributed by atoms with Crippen LogP contribution in [0, 0.1) is 0 Å². The lowest BCUT2D eigenvalue weighted by molar-refractivity contribution is -0.160. The molecule has 0 aliphatic rings. The summed E-state index contributed by atoms with van der Waals surface area (Å²) in [6.07, 6.45) is 21.5. The summed E-state index contributed by atoms with van der Waals surface area (Å²) in [7, 11) is 3.97. The molecule has 60 heavy (non-hydrogen) atoms. The van der Waals surface area contributed by atoms with E-state index in [9.17, 15) is 19.2 Å². The molecule has 0 saturated heterocycles. The fourth-order valence-corrected chi connectivity index (χ4v) is 6.72. The highest BCUT2D eigenvalue weighted by atomic mass is 16.6. The summed E-state index contributed by atoms with van der Waals surface area (Å²) in [5.41, 5.74) is 0.977. The van der Waals surface area contributed by atoms with Crippen LogP contribution in [0.3, 0.4) is 0 Å². The molecule has 0 saturated carbocycles. The van der Waals surface area contributed by atoms with E-state index >= 15 is 0 Å². The lowest BCUT2D eigenvalue weighted by Crippen LogP contribution is -2.27. The first-order valence-electron chi connectivity index (χ1n) is 23.8. The van der Waals surface area contributed by atoms with Crippen molar-refractivity contribution in [2.45, 2.75) is 213 Å². The molecule has 11 heteroatoms. The van der Waals surface area contributed by atoms with Crippen molar-refractivity contribution in [3.63, 3.8) is 0 Å². The van der Waals surface area contributed by atoms with Crippen molar-refractivity contribution < 1.29 is 47.6 Å². The van der Waals surface area contributed by atoms with Crippen LogP contribution >= 0.6 is 0 Å². The molecule has 0 heterocycles. The average molecular weight is 848 g/mol. The Morgan fingerprint density at radius 1 is 0.467 bits per heavy atom. The molecule has 0 spiro atoms. The Hall–Kier alpha value is -3.34. The molecule has 11 nitrogen and oxygen atoms in total. The van der Waals surface area contributed by atoms with E-state index in [1.165, 1.54) is 0 Å². The van der Waals surface area contributed by atoms with Crippen LogP contribution in [0.4, 0.5) is 0 Å². The molecule has 346 valence electrons. The third-order valence-corrected chi connectivity index (χ3v) is 10.3. The largest absolute Gasteiger partial charge is 0.493 e. The average Bonchev–Trinajstić information content (AvgIpc) is 3.21. The summed E-state index contributed by atoms with van der Waals surface area (Å²) >= 11 is 0. The normalized spacial score (nSPS) is 12.2. The Balaban J connectivity index is 2.93. The Morgan fingerprint density at radius 3 is 1.13 bits per heavy atom. The van der Waals surface area contributed by atoms with E-state index in [1.54, 1.807) is 0 Å². The number of unbranched alkanes of at least 4 members (excludes halogenated alkanes) is 16. The SMILES string of the molecule is CCCCCCCC(=O)OC[C@@H](CCOc1cc(CN(C)C)cc(OCC[C@@H](COC(=O)CCCCCCC)OC(=O)CCCCCCC)c1)OC(=O)CCCCCCC. The fourth-order valence-electron chi connectivity index (χ4n) is 6.72. The topological polar surface area (TPSA) is 127 Å². The number of hydrogen-bond donors (Lipinski definition) is 0. The van der Waals surface area contributed by atoms with E-state index in [-0.39, 0.29) is 50.3 Å². The molecule has 0 bridgehead atoms. The maximum absolute atomic E-state index is 12.8. The van der Waals surface area contributed by atoms with Gasteiger partial charge in [-0.15, -0.1) is 0 Å². The van der Waals surface area contributed by atoms with Gasteiger partial charge in [0.1, 0.15) is 36.9 Å². The predicted molar refractivity (Wildman–Crippen MR) is 239 cm³/mol. The van der Waals surface area contributed by atoms with Gasteiger partial charge < -0.3 is 33.3 Å². The van der Waals surface area contributed by atoms with Crippen LogP contribution in [0.5, 0.6) is 11.5 Å². The summed E-state index contributed by atoms with van der Waals surface area (Å²) in [6, 6.07) is 5.72. The van der Waals surface area contributed by atoms with Gasteiger partial charge in [0.2, 0.25) is 0 Å². The van der Waals surface area contributed by atoms with E-state index < -0.39 is 12.2 Å². The minimum atomic E-state index is -0.621. The first-order valence-corrected chi connectivity index (χ1v) is 23.8. The molecule has 1 aromatic rings. The minimum Gasteiger partial charge on any atom is -0.493 e. The summed E-state index contributed by atoms with van der Waals surface area (Å²) in [6.45, 7) is 9.73. The molecule has 0 radical (unpaired) electrons. The molecule has 0 amide bonds. The van der Waals surface area contributed by atoms with Crippen LogP contribution in [0.25, 0.3) is 0 Å². The van der Waals surface area contributed by atoms with Gasteiger partial charge in [-0.25, -0.2) is 0 Å². The summed E-state index contributed by atoms with van der Waals surface area (Å²) < 4.78 is 35.2. The van der Waals surface area contributed by atoms with Crippen molar-refractivity contribution in [2.75, 3.05) is 40.5 Å². The fraction of sp³-hybridized carbons (Fsp3) is 0.796. The third-order valence-electron chi connectivity index (χ3n) is 10.3. The second-order valence-corrected chi connectivity index (χ2v) is 16.6. The van der Waals surface area contributed by atoms with E-state index in [2.05, 4.69) is 32.6 Å². The van der Waals surface area contributed by atoms with Gasteiger partial charge in [-0.2, -0.15) is 0 Å². The van der Waals surface area contributed by atoms with Crippen molar-refractivity contribution >= 4 is 23.9 Å².